The number of rotatable bonds is 6. The van der Waals surface area contributed by atoms with Gasteiger partial charge in [0.2, 0.25) is 0 Å². The number of ether oxygens (including phenoxy) is 1. The van der Waals surface area contributed by atoms with E-state index in [2.05, 4.69) is 20.4 Å². The van der Waals surface area contributed by atoms with Gasteiger partial charge in [-0.2, -0.15) is 9.78 Å². The molecule has 10 heteroatoms. The Morgan fingerprint density at radius 1 is 1.17 bits per heavy atom. The lowest BCUT2D eigenvalue weighted by Crippen LogP contribution is -2.51. The standard InChI is InChI=1S/C26H29F2N5O3/c1-15-12-30-17(13-29-15)6-8-22(34)24(26(2,3)4)31-25(35)33-21-9-10-36-14-18(21)23(32-33)16-5-7-19(27)20(28)11-16/h5,7,11-13,24H,6,8-10,14H2,1-4H3,(H,31,35)/t24-/m1/s1. The van der Waals surface area contributed by atoms with Crippen LogP contribution in [0.3, 0.4) is 0 Å². The second-order valence-corrected chi connectivity index (χ2v) is 9.98. The number of hydrogen-bond acceptors (Lipinski definition) is 6. The number of aromatic nitrogens is 4. The number of ketones is 1. The molecule has 3 heterocycles. The van der Waals surface area contributed by atoms with Crippen molar-refractivity contribution in [3.63, 3.8) is 0 Å². The van der Waals surface area contributed by atoms with Crippen LogP contribution in [0.25, 0.3) is 11.3 Å². The van der Waals surface area contributed by atoms with Crippen molar-refractivity contribution < 1.29 is 23.1 Å². The summed E-state index contributed by atoms with van der Waals surface area (Å²) in [4.78, 5) is 35.1. The Morgan fingerprint density at radius 2 is 1.94 bits per heavy atom. The van der Waals surface area contributed by atoms with E-state index in [1.807, 2.05) is 27.7 Å². The van der Waals surface area contributed by atoms with E-state index < -0.39 is 29.1 Å². The highest BCUT2D eigenvalue weighted by Gasteiger charge is 2.34. The first-order chi connectivity index (χ1) is 17.0. The van der Waals surface area contributed by atoms with E-state index >= 15 is 0 Å². The molecule has 0 fully saturated rings. The van der Waals surface area contributed by atoms with Gasteiger partial charge in [0.15, 0.2) is 17.4 Å². The van der Waals surface area contributed by atoms with E-state index in [0.29, 0.717) is 47.7 Å². The number of amides is 1. The van der Waals surface area contributed by atoms with Crippen molar-refractivity contribution in [1.29, 1.82) is 0 Å². The van der Waals surface area contributed by atoms with Gasteiger partial charge in [-0.15, -0.1) is 0 Å². The Morgan fingerprint density at radius 3 is 2.61 bits per heavy atom. The van der Waals surface area contributed by atoms with Gasteiger partial charge in [-0.05, 0) is 37.0 Å². The first kappa shape index (κ1) is 25.6. The van der Waals surface area contributed by atoms with Gasteiger partial charge in [-0.3, -0.25) is 14.8 Å². The maximum Gasteiger partial charge on any atom is 0.342 e. The van der Waals surface area contributed by atoms with E-state index in [1.165, 1.54) is 10.7 Å². The summed E-state index contributed by atoms with van der Waals surface area (Å²) in [5.74, 6) is -2.11. The average molecular weight is 498 g/mol. The Hall–Kier alpha value is -3.53. The van der Waals surface area contributed by atoms with Crippen molar-refractivity contribution in [2.75, 3.05) is 6.61 Å². The van der Waals surface area contributed by atoms with Crippen LogP contribution in [0.2, 0.25) is 0 Å². The molecule has 2 aromatic heterocycles. The summed E-state index contributed by atoms with van der Waals surface area (Å²) in [7, 11) is 0. The summed E-state index contributed by atoms with van der Waals surface area (Å²) in [6, 6.07) is 2.13. The lowest BCUT2D eigenvalue weighted by Gasteiger charge is -2.30. The Kier molecular flexibility index (Phi) is 7.26. The van der Waals surface area contributed by atoms with Gasteiger partial charge < -0.3 is 10.1 Å². The van der Waals surface area contributed by atoms with Crippen LogP contribution >= 0.6 is 0 Å². The zero-order chi connectivity index (χ0) is 26.0. The zero-order valence-electron chi connectivity index (χ0n) is 20.8. The molecule has 36 heavy (non-hydrogen) atoms. The molecular formula is C26H29F2N5O3. The van der Waals surface area contributed by atoms with Crippen molar-refractivity contribution in [2.45, 2.75) is 59.6 Å². The number of Topliss-reactive ketones (excluding diaryl/α,β-unsaturated/α-hetero) is 1. The number of fused-ring (bicyclic) bond motifs is 1. The summed E-state index contributed by atoms with van der Waals surface area (Å²) in [5, 5.41) is 7.29. The minimum atomic E-state index is -1.01. The molecule has 1 N–H and O–H groups in total. The lowest BCUT2D eigenvalue weighted by atomic mass is 9.83. The first-order valence-electron chi connectivity index (χ1n) is 11.8. The summed E-state index contributed by atoms with van der Waals surface area (Å²) < 4.78 is 34.1. The van der Waals surface area contributed by atoms with Gasteiger partial charge >= 0.3 is 6.03 Å². The maximum atomic E-state index is 13.9. The van der Waals surface area contributed by atoms with Crippen molar-refractivity contribution in [3.8, 4) is 11.3 Å². The first-order valence-corrected chi connectivity index (χ1v) is 11.8. The third-order valence-electron chi connectivity index (χ3n) is 6.12. The summed E-state index contributed by atoms with van der Waals surface area (Å²) in [5.41, 5.74) is 2.86. The molecule has 190 valence electrons. The minimum absolute atomic E-state index is 0.136. The third kappa shape index (κ3) is 5.48. The molecule has 4 rings (SSSR count). The number of halogens is 2. The predicted molar refractivity (Wildman–Crippen MR) is 128 cm³/mol. The number of carbonyl (C=O) groups excluding carboxylic acids is 2. The fourth-order valence-electron chi connectivity index (χ4n) is 4.19. The SMILES string of the molecule is Cc1cnc(CCC(=O)[C@@H](NC(=O)n2nc(-c3ccc(F)c(F)c3)c3c2CCOC3)C(C)(C)C)cn1. The van der Waals surface area contributed by atoms with Gasteiger partial charge in [-0.25, -0.2) is 13.6 Å². The van der Waals surface area contributed by atoms with Gasteiger partial charge in [0.05, 0.1) is 42.0 Å². The van der Waals surface area contributed by atoms with Crippen LogP contribution in [0.5, 0.6) is 0 Å². The normalized spacial score (nSPS) is 14.3. The van der Waals surface area contributed by atoms with Crippen LogP contribution in [0.15, 0.2) is 30.6 Å². The number of benzene rings is 1. The maximum absolute atomic E-state index is 13.9. The molecule has 1 aromatic carbocycles. The largest absolute Gasteiger partial charge is 0.376 e. The van der Waals surface area contributed by atoms with Gasteiger partial charge in [0.1, 0.15) is 0 Å². The molecule has 1 aliphatic rings. The summed E-state index contributed by atoms with van der Waals surface area (Å²) in [6.45, 7) is 8.05. The monoisotopic (exact) mass is 497 g/mol. The zero-order valence-corrected chi connectivity index (χ0v) is 20.8. The lowest BCUT2D eigenvalue weighted by molar-refractivity contribution is -0.123. The molecule has 1 amide bonds. The molecule has 3 aromatic rings. The third-order valence-corrected chi connectivity index (χ3v) is 6.12. The van der Waals surface area contributed by atoms with E-state index in [9.17, 15) is 18.4 Å². The van der Waals surface area contributed by atoms with Crippen LogP contribution in [-0.2, 0) is 29.0 Å². The van der Waals surface area contributed by atoms with Gasteiger partial charge in [0, 0.05) is 36.4 Å². The molecule has 1 aliphatic heterocycles. The highest BCUT2D eigenvalue weighted by atomic mass is 19.2. The molecule has 0 saturated carbocycles. The van der Waals surface area contributed by atoms with Gasteiger partial charge in [0.25, 0.3) is 0 Å². The molecule has 0 aliphatic carbocycles. The molecule has 0 saturated heterocycles. The quantitative estimate of drug-likeness (QED) is 0.549. The highest BCUT2D eigenvalue weighted by Crippen LogP contribution is 2.30. The van der Waals surface area contributed by atoms with Crippen molar-refractivity contribution >= 4 is 11.8 Å². The molecule has 0 unspecified atom stereocenters. The number of carbonyl (C=O) groups is 2. The second kappa shape index (κ2) is 10.2. The minimum Gasteiger partial charge on any atom is -0.376 e. The van der Waals surface area contributed by atoms with Crippen molar-refractivity contribution in [3.05, 3.63) is 64.9 Å². The smallest absolute Gasteiger partial charge is 0.342 e. The molecule has 8 nitrogen and oxygen atoms in total. The summed E-state index contributed by atoms with van der Waals surface area (Å²) in [6.07, 6.45) is 4.30. The molecule has 1 atom stereocenters. The number of hydrogen-bond donors (Lipinski definition) is 1. The van der Waals surface area contributed by atoms with E-state index in [4.69, 9.17) is 4.74 Å². The fourth-order valence-corrected chi connectivity index (χ4v) is 4.19. The van der Waals surface area contributed by atoms with E-state index in [-0.39, 0.29) is 18.8 Å². The highest BCUT2D eigenvalue weighted by molar-refractivity contribution is 5.90. The molecule has 0 bridgehead atoms. The second-order valence-electron chi connectivity index (χ2n) is 9.98. The van der Waals surface area contributed by atoms with Crippen molar-refractivity contribution in [1.82, 2.24) is 25.1 Å². The van der Waals surface area contributed by atoms with Gasteiger partial charge in [-0.1, -0.05) is 20.8 Å². The Balaban J connectivity index is 1.58. The van der Waals surface area contributed by atoms with Crippen LogP contribution in [0.1, 0.15) is 49.8 Å². The fraction of sp³-hybridized carbons (Fsp3) is 0.423. The predicted octanol–water partition coefficient (Wildman–Crippen LogP) is 4.17. The molecule has 0 spiro atoms. The molecular weight excluding hydrogens is 468 g/mol. The number of aryl methyl sites for hydroxylation is 2. The number of nitrogens with zero attached hydrogens (tertiary/aromatic N) is 4. The van der Waals surface area contributed by atoms with Crippen molar-refractivity contribution in [2.24, 2.45) is 5.41 Å². The van der Waals surface area contributed by atoms with Crippen LogP contribution in [-0.4, -0.2) is 44.2 Å². The summed E-state index contributed by atoms with van der Waals surface area (Å²) >= 11 is 0. The van der Waals surface area contributed by atoms with Crippen LogP contribution in [0, 0.1) is 24.0 Å². The van der Waals surface area contributed by atoms with E-state index in [1.54, 1.807) is 12.4 Å². The average Bonchev–Trinajstić information content (AvgIpc) is 3.23. The van der Waals surface area contributed by atoms with Crippen LogP contribution in [0.4, 0.5) is 13.6 Å². The Labute approximate surface area is 208 Å². The topological polar surface area (TPSA) is 99.0 Å². The van der Waals surface area contributed by atoms with E-state index in [0.717, 1.165) is 17.8 Å². The number of nitrogens with one attached hydrogen (secondary N) is 1. The van der Waals surface area contributed by atoms with Crippen LogP contribution < -0.4 is 5.32 Å². The molecule has 0 radical (unpaired) electrons. The Bertz CT molecular complexity index is 1280.